The normalized spacial score (nSPS) is 11.7. The highest BCUT2D eigenvalue weighted by Crippen LogP contribution is 2.03. The molecule has 0 fully saturated rings. The Hall–Kier alpha value is -2.01. The van der Waals surface area contributed by atoms with Crippen LogP contribution in [0.4, 0.5) is 0 Å². The summed E-state index contributed by atoms with van der Waals surface area (Å²) in [6.45, 7) is 20.1. The largest absolute Gasteiger partial charge is 0.424 e. The van der Waals surface area contributed by atoms with Crippen molar-refractivity contribution >= 4 is 43.3 Å². The maximum absolute atomic E-state index is 11.5. The summed E-state index contributed by atoms with van der Waals surface area (Å²) in [4.78, 5) is 70.7. The summed E-state index contributed by atoms with van der Waals surface area (Å²) < 4.78 is 10.6. The zero-order valence-corrected chi connectivity index (χ0v) is 32.4. The zero-order valence-electron chi connectivity index (χ0n) is 29.5. The smallest absolute Gasteiger partial charge is 0.327 e. The average molecular weight is 705 g/mol. The number of nitrogens with one attached hydrogen (secondary N) is 2. The van der Waals surface area contributed by atoms with Crippen LogP contribution in [-0.4, -0.2) is 96.0 Å². The van der Waals surface area contributed by atoms with E-state index in [-0.39, 0.29) is 24.7 Å². The lowest BCUT2D eigenvalue weighted by molar-refractivity contribution is -0.287. The molecule has 0 unspecified atom stereocenters. The van der Waals surface area contributed by atoms with E-state index in [2.05, 4.69) is 39.9 Å². The Kier molecular flexibility index (Phi) is 47.5. The molecule has 0 aromatic rings. The first-order chi connectivity index (χ1) is 22.1. The highest BCUT2D eigenvalue weighted by atomic mass is 28.2. The molecular weight excluding hydrogens is 640 g/mol. The SMILES string of the molecule is CCOOCC.CCOOCC.CCO[SiH2]CCCNC(=O)C[C@@H](C)C(=O)ON.CCO[SiH2]CCCNC(=O)[C@H](C)CC(=O)ON. The van der Waals surface area contributed by atoms with Crippen LogP contribution in [0.2, 0.25) is 12.1 Å². The van der Waals surface area contributed by atoms with Crippen LogP contribution in [0.5, 0.6) is 0 Å². The second kappa shape index (κ2) is 43.0. The Morgan fingerprint density at radius 2 is 1.04 bits per heavy atom. The van der Waals surface area contributed by atoms with Gasteiger partial charge in [-0.25, -0.2) is 19.6 Å². The zero-order chi connectivity index (χ0) is 35.8. The predicted molar refractivity (Wildman–Crippen MR) is 180 cm³/mol. The van der Waals surface area contributed by atoms with E-state index in [0.717, 1.165) is 38.1 Å². The van der Waals surface area contributed by atoms with Crippen molar-refractivity contribution < 1.29 is 57.3 Å². The third kappa shape index (κ3) is 44.1. The average Bonchev–Trinajstić information content (AvgIpc) is 3.06. The lowest BCUT2D eigenvalue weighted by Crippen LogP contribution is -2.32. The third-order valence-electron chi connectivity index (χ3n) is 5.16. The van der Waals surface area contributed by atoms with Crippen molar-refractivity contribution in [2.75, 3.05) is 52.7 Å². The number of hydrogen-bond donors (Lipinski definition) is 4. The van der Waals surface area contributed by atoms with Crippen LogP contribution < -0.4 is 22.4 Å². The number of amides is 2. The maximum atomic E-state index is 11.5. The third-order valence-corrected chi connectivity index (χ3v) is 8.13. The minimum Gasteiger partial charge on any atom is -0.424 e. The Morgan fingerprint density at radius 3 is 1.41 bits per heavy atom. The molecule has 0 aromatic carbocycles. The molecule has 0 aliphatic heterocycles. The molecule has 0 aliphatic carbocycles. The van der Waals surface area contributed by atoms with Gasteiger partial charge in [-0.2, -0.15) is 11.8 Å². The summed E-state index contributed by atoms with van der Waals surface area (Å²) in [5.41, 5.74) is 0. The minimum absolute atomic E-state index is 0.00995. The molecule has 0 heterocycles. The Balaban J connectivity index is -0.000000284. The van der Waals surface area contributed by atoms with Gasteiger partial charge in [-0.15, -0.1) is 0 Å². The van der Waals surface area contributed by atoms with Gasteiger partial charge in [0.1, 0.15) is 0 Å². The van der Waals surface area contributed by atoms with Crippen LogP contribution in [0.15, 0.2) is 0 Å². The fourth-order valence-electron chi connectivity index (χ4n) is 2.83. The lowest BCUT2D eigenvalue weighted by Gasteiger charge is -2.10. The van der Waals surface area contributed by atoms with Crippen molar-refractivity contribution in [2.24, 2.45) is 23.6 Å². The molecule has 6 N–H and O–H groups in total. The van der Waals surface area contributed by atoms with E-state index in [1.165, 1.54) is 0 Å². The Labute approximate surface area is 280 Å². The van der Waals surface area contributed by atoms with E-state index in [1.807, 2.05) is 41.5 Å². The van der Waals surface area contributed by atoms with Gasteiger partial charge in [0.2, 0.25) is 11.8 Å². The van der Waals surface area contributed by atoms with Crippen LogP contribution in [0.3, 0.4) is 0 Å². The number of rotatable bonds is 24. The molecule has 2 amide bonds. The van der Waals surface area contributed by atoms with Crippen LogP contribution >= 0.6 is 0 Å². The first kappa shape index (κ1) is 50.8. The summed E-state index contributed by atoms with van der Waals surface area (Å²) >= 11 is 0. The topological polar surface area (TPSA) is 218 Å². The first-order valence-corrected chi connectivity index (χ1v) is 19.2. The second-order valence-corrected chi connectivity index (χ2v) is 12.3. The quantitative estimate of drug-likeness (QED) is 0.0475. The number of hydrogen-bond acceptors (Lipinski definition) is 14. The van der Waals surface area contributed by atoms with Crippen molar-refractivity contribution in [3.8, 4) is 0 Å². The summed E-state index contributed by atoms with van der Waals surface area (Å²) in [6, 6.07) is 2.10. The molecule has 276 valence electrons. The van der Waals surface area contributed by atoms with Gasteiger partial charge in [-0.05, 0) is 66.5 Å². The molecule has 0 bridgehead atoms. The fraction of sp³-hybridized carbons (Fsp3) is 0.857. The van der Waals surface area contributed by atoms with Gasteiger partial charge in [0.05, 0.1) is 38.8 Å². The van der Waals surface area contributed by atoms with Gasteiger partial charge in [-0.1, -0.05) is 13.8 Å². The van der Waals surface area contributed by atoms with Crippen LogP contribution in [-0.2, 0) is 57.3 Å². The molecular formula is C28H64N4O12Si2. The molecule has 2 atom stereocenters. The molecule has 18 heteroatoms. The summed E-state index contributed by atoms with van der Waals surface area (Å²) in [6.07, 6.45) is 1.97. The monoisotopic (exact) mass is 704 g/mol. The molecule has 0 radical (unpaired) electrons. The molecule has 16 nitrogen and oxygen atoms in total. The van der Waals surface area contributed by atoms with Gasteiger partial charge in [0.25, 0.3) is 0 Å². The standard InChI is InChI=1S/2C10H22N2O4Si.2C4H10O2/c1-3-15-17-6-4-5-12-10(14)8(2)7-9(13)16-11;1-3-15-17-6-4-5-12-9(13)7-8(2)10(14)16-11;2*1-3-5-6-4-2/h8H,3-7,11,17H2,1-2H3,(H,12,14);8H,3-7,11,17H2,1-2H3,(H,12,13);2*3-4H2,1-2H3/t2*8-;;/m11../s1. The Morgan fingerprint density at radius 1 is 0.609 bits per heavy atom. The van der Waals surface area contributed by atoms with Crippen LogP contribution in [0, 0.1) is 11.8 Å². The molecule has 0 aliphatic rings. The van der Waals surface area contributed by atoms with E-state index in [4.69, 9.17) is 20.6 Å². The molecule has 0 saturated carbocycles. The van der Waals surface area contributed by atoms with Gasteiger partial charge < -0.3 is 29.2 Å². The van der Waals surface area contributed by atoms with Gasteiger partial charge in [0, 0.05) is 38.6 Å². The Bertz CT molecular complexity index is 685. The van der Waals surface area contributed by atoms with Crippen LogP contribution in [0.25, 0.3) is 0 Å². The highest BCUT2D eigenvalue weighted by molar-refractivity contribution is 6.27. The molecule has 0 spiro atoms. The maximum Gasteiger partial charge on any atom is 0.327 e. The highest BCUT2D eigenvalue weighted by Gasteiger charge is 2.18. The fourth-order valence-corrected chi connectivity index (χ4v) is 4.73. The first-order valence-electron chi connectivity index (χ1n) is 16.0. The summed E-state index contributed by atoms with van der Waals surface area (Å²) in [7, 11) is -0.831. The van der Waals surface area contributed by atoms with Gasteiger partial charge in [0.15, 0.2) is 19.5 Å². The van der Waals surface area contributed by atoms with Crippen molar-refractivity contribution in [1.82, 2.24) is 10.6 Å². The van der Waals surface area contributed by atoms with E-state index in [9.17, 15) is 19.2 Å². The second-order valence-electron chi connectivity index (χ2n) is 9.21. The molecule has 0 saturated heterocycles. The molecule has 0 rings (SSSR count). The van der Waals surface area contributed by atoms with Gasteiger partial charge >= 0.3 is 11.9 Å². The van der Waals surface area contributed by atoms with Crippen LogP contribution in [0.1, 0.15) is 81.1 Å². The molecule has 46 heavy (non-hydrogen) atoms. The summed E-state index contributed by atoms with van der Waals surface area (Å²) in [5, 5.41) is 5.52. The van der Waals surface area contributed by atoms with Crippen molar-refractivity contribution in [3.63, 3.8) is 0 Å². The van der Waals surface area contributed by atoms with E-state index >= 15 is 0 Å². The summed E-state index contributed by atoms with van der Waals surface area (Å²) in [5.74, 6) is 7.08. The van der Waals surface area contributed by atoms with Crippen molar-refractivity contribution in [3.05, 3.63) is 0 Å². The minimum atomic E-state index is -0.573. The lowest BCUT2D eigenvalue weighted by atomic mass is 10.1. The van der Waals surface area contributed by atoms with E-state index < -0.39 is 43.3 Å². The predicted octanol–water partition coefficient (Wildman–Crippen LogP) is 0.898. The van der Waals surface area contributed by atoms with E-state index in [0.29, 0.717) is 39.5 Å². The van der Waals surface area contributed by atoms with Gasteiger partial charge in [-0.3, -0.25) is 19.2 Å². The van der Waals surface area contributed by atoms with E-state index in [1.54, 1.807) is 13.8 Å². The number of carbonyl (C=O) groups excluding carboxylic acids is 4. The van der Waals surface area contributed by atoms with Crippen molar-refractivity contribution in [2.45, 2.75) is 93.2 Å². The molecule has 0 aromatic heterocycles. The number of carbonyl (C=O) groups is 4. The van der Waals surface area contributed by atoms with Crippen molar-refractivity contribution in [1.29, 1.82) is 0 Å². The number of nitrogens with two attached hydrogens (primary N) is 2.